The maximum absolute atomic E-state index is 14.3. The molecule has 1 N–H and O–H groups in total. The summed E-state index contributed by atoms with van der Waals surface area (Å²) in [7, 11) is 0. The molecule has 1 aromatic heterocycles. The van der Waals surface area contributed by atoms with Crippen LogP contribution >= 0.6 is 0 Å². The van der Waals surface area contributed by atoms with E-state index in [9.17, 15) is 9.18 Å². The molecule has 166 valence electrons. The Morgan fingerprint density at radius 1 is 1.22 bits per heavy atom. The third-order valence-electron chi connectivity index (χ3n) is 5.16. The van der Waals surface area contributed by atoms with Gasteiger partial charge in [-0.25, -0.2) is 14.1 Å². The summed E-state index contributed by atoms with van der Waals surface area (Å²) in [4.78, 5) is 26.7. The molecule has 1 amide bonds. The average molecular weight is 437 g/mol. The molecular formula is C23H24FN5O3. The number of carbonyl (C=O) groups is 1. The number of nitrogens with zero attached hydrogens (tertiary/aromatic N) is 4. The first-order chi connectivity index (χ1) is 15.4. The van der Waals surface area contributed by atoms with E-state index in [0.29, 0.717) is 24.1 Å². The van der Waals surface area contributed by atoms with Crippen molar-refractivity contribution in [3.8, 4) is 11.5 Å². The van der Waals surface area contributed by atoms with Gasteiger partial charge < -0.3 is 14.8 Å². The standard InChI is InChI=1S/C23H24FN5O3/c1-4-17-13-31-23(30)29(17)22-27-15(3)26-21(28-22)25-14(2)16-10-11-19(24)20(12-16)32-18-8-6-5-7-9-18/h5-12,14,17H,4,13H2,1-3H3,(H,25,26,27,28)/t14-,17-/m0/s1. The van der Waals surface area contributed by atoms with Gasteiger partial charge in [0.25, 0.3) is 0 Å². The van der Waals surface area contributed by atoms with Crippen LogP contribution in [0.5, 0.6) is 11.5 Å². The SMILES string of the molecule is CC[C@H]1COC(=O)N1c1nc(C)nc(N[C@@H](C)c2ccc(F)c(Oc3ccccc3)c2)n1. The van der Waals surface area contributed by atoms with Gasteiger partial charge in [0.05, 0.1) is 12.1 Å². The molecule has 32 heavy (non-hydrogen) atoms. The third kappa shape index (κ3) is 4.61. The topological polar surface area (TPSA) is 89.5 Å². The predicted molar refractivity (Wildman–Crippen MR) is 117 cm³/mol. The molecule has 0 bridgehead atoms. The minimum atomic E-state index is -0.470. The van der Waals surface area contributed by atoms with Gasteiger partial charge in [0, 0.05) is 0 Å². The summed E-state index contributed by atoms with van der Waals surface area (Å²) in [5.74, 6) is 1.23. The number of benzene rings is 2. The van der Waals surface area contributed by atoms with Crippen molar-refractivity contribution in [3.63, 3.8) is 0 Å². The Hall–Kier alpha value is -3.75. The fourth-order valence-corrected chi connectivity index (χ4v) is 3.41. The number of aromatic nitrogens is 3. The Bertz CT molecular complexity index is 1110. The number of nitrogens with one attached hydrogen (secondary N) is 1. The van der Waals surface area contributed by atoms with Crippen molar-refractivity contribution >= 4 is 18.0 Å². The number of anilines is 2. The highest BCUT2D eigenvalue weighted by molar-refractivity contribution is 5.88. The monoisotopic (exact) mass is 437 g/mol. The summed E-state index contributed by atoms with van der Waals surface area (Å²) in [5.41, 5.74) is 0.781. The molecular weight excluding hydrogens is 413 g/mol. The van der Waals surface area contributed by atoms with Crippen LogP contribution in [0.2, 0.25) is 0 Å². The number of hydrogen-bond acceptors (Lipinski definition) is 7. The molecule has 0 saturated carbocycles. The van der Waals surface area contributed by atoms with E-state index in [2.05, 4.69) is 20.3 Å². The zero-order valence-electron chi connectivity index (χ0n) is 18.1. The molecule has 1 saturated heterocycles. The molecule has 1 fully saturated rings. The summed E-state index contributed by atoms with van der Waals surface area (Å²) < 4.78 is 25.1. The van der Waals surface area contributed by atoms with Gasteiger partial charge in [-0.1, -0.05) is 31.2 Å². The number of carbonyl (C=O) groups excluding carboxylic acids is 1. The van der Waals surface area contributed by atoms with Crippen molar-refractivity contribution in [2.24, 2.45) is 0 Å². The van der Waals surface area contributed by atoms with E-state index in [4.69, 9.17) is 9.47 Å². The van der Waals surface area contributed by atoms with Crippen LogP contribution < -0.4 is 15.0 Å². The number of hydrogen-bond donors (Lipinski definition) is 1. The van der Waals surface area contributed by atoms with Gasteiger partial charge in [-0.05, 0) is 50.1 Å². The van der Waals surface area contributed by atoms with Gasteiger partial charge in [-0.15, -0.1) is 0 Å². The van der Waals surface area contributed by atoms with Crippen LogP contribution in [0, 0.1) is 12.7 Å². The molecule has 0 radical (unpaired) electrons. The molecule has 2 aromatic carbocycles. The van der Waals surface area contributed by atoms with Gasteiger partial charge in [-0.2, -0.15) is 15.0 Å². The first-order valence-corrected chi connectivity index (χ1v) is 10.4. The third-order valence-corrected chi connectivity index (χ3v) is 5.16. The Morgan fingerprint density at radius 3 is 2.75 bits per heavy atom. The lowest BCUT2D eigenvalue weighted by molar-refractivity contribution is 0.178. The largest absolute Gasteiger partial charge is 0.454 e. The summed E-state index contributed by atoms with van der Waals surface area (Å²) in [5, 5.41) is 3.20. The molecule has 1 aliphatic rings. The Balaban J connectivity index is 1.55. The van der Waals surface area contributed by atoms with Crippen LogP contribution in [0.15, 0.2) is 48.5 Å². The molecule has 2 atom stereocenters. The van der Waals surface area contributed by atoms with Gasteiger partial charge in [0.1, 0.15) is 18.2 Å². The van der Waals surface area contributed by atoms with E-state index in [-0.39, 0.29) is 23.8 Å². The average Bonchev–Trinajstić information content (AvgIpc) is 3.16. The fraction of sp³-hybridized carbons (Fsp3) is 0.304. The Kier molecular flexibility index (Phi) is 6.16. The van der Waals surface area contributed by atoms with Crippen molar-refractivity contribution in [1.29, 1.82) is 0 Å². The molecule has 2 heterocycles. The molecule has 0 spiro atoms. The summed E-state index contributed by atoms with van der Waals surface area (Å²) >= 11 is 0. The second kappa shape index (κ2) is 9.17. The second-order valence-corrected chi connectivity index (χ2v) is 7.49. The second-order valence-electron chi connectivity index (χ2n) is 7.49. The number of ether oxygens (including phenoxy) is 2. The highest BCUT2D eigenvalue weighted by atomic mass is 19.1. The normalized spacial score (nSPS) is 16.6. The van der Waals surface area contributed by atoms with E-state index in [1.54, 1.807) is 31.2 Å². The van der Waals surface area contributed by atoms with E-state index in [1.807, 2.05) is 32.0 Å². The van der Waals surface area contributed by atoms with Crippen LogP contribution in [0.25, 0.3) is 0 Å². The Morgan fingerprint density at radius 2 is 2.00 bits per heavy atom. The summed E-state index contributed by atoms with van der Waals surface area (Å²) in [6, 6.07) is 13.3. The number of para-hydroxylation sites is 1. The zero-order chi connectivity index (χ0) is 22.7. The fourth-order valence-electron chi connectivity index (χ4n) is 3.41. The zero-order valence-corrected chi connectivity index (χ0v) is 18.1. The van der Waals surface area contributed by atoms with Crippen LogP contribution in [0.4, 0.5) is 21.1 Å². The molecule has 0 unspecified atom stereocenters. The van der Waals surface area contributed by atoms with E-state index in [1.165, 1.54) is 11.0 Å². The maximum atomic E-state index is 14.3. The first kappa shape index (κ1) is 21.5. The molecule has 3 aromatic rings. The molecule has 4 rings (SSSR count). The van der Waals surface area contributed by atoms with Crippen LogP contribution in [0.3, 0.4) is 0 Å². The van der Waals surface area contributed by atoms with Crippen molar-refractivity contribution in [1.82, 2.24) is 15.0 Å². The van der Waals surface area contributed by atoms with Crippen molar-refractivity contribution < 1.29 is 18.7 Å². The van der Waals surface area contributed by atoms with E-state index < -0.39 is 11.9 Å². The van der Waals surface area contributed by atoms with Crippen molar-refractivity contribution in [2.75, 3.05) is 16.8 Å². The van der Waals surface area contributed by atoms with Crippen LogP contribution in [-0.4, -0.2) is 33.7 Å². The lowest BCUT2D eigenvalue weighted by atomic mass is 10.1. The lowest BCUT2D eigenvalue weighted by Gasteiger charge is -2.20. The van der Waals surface area contributed by atoms with Gasteiger partial charge in [-0.3, -0.25) is 0 Å². The van der Waals surface area contributed by atoms with Gasteiger partial charge in [0.15, 0.2) is 11.6 Å². The lowest BCUT2D eigenvalue weighted by Crippen LogP contribution is -2.34. The van der Waals surface area contributed by atoms with Gasteiger partial charge in [0.2, 0.25) is 11.9 Å². The predicted octanol–water partition coefficient (Wildman–Crippen LogP) is 5.02. The summed E-state index contributed by atoms with van der Waals surface area (Å²) in [6.45, 7) is 5.90. The number of rotatable bonds is 7. The van der Waals surface area contributed by atoms with Crippen LogP contribution in [-0.2, 0) is 4.74 Å². The van der Waals surface area contributed by atoms with Gasteiger partial charge >= 0.3 is 6.09 Å². The highest BCUT2D eigenvalue weighted by Gasteiger charge is 2.35. The minimum Gasteiger partial charge on any atom is -0.454 e. The van der Waals surface area contributed by atoms with Crippen LogP contribution in [0.1, 0.15) is 37.7 Å². The molecule has 1 aliphatic heterocycles. The van der Waals surface area contributed by atoms with E-state index >= 15 is 0 Å². The highest BCUT2D eigenvalue weighted by Crippen LogP contribution is 2.29. The minimum absolute atomic E-state index is 0.121. The quantitative estimate of drug-likeness (QED) is 0.555. The maximum Gasteiger partial charge on any atom is 0.417 e. The Labute approximate surface area is 185 Å². The smallest absolute Gasteiger partial charge is 0.417 e. The van der Waals surface area contributed by atoms with Crippen molar-refractivity contribution in [2.45, 2.75) is 39.3 Å². The van der Waals surface area contributed by atoms with E-state index in [0.717, 1.165) is 12.0 Å². The first-order valence-electron chi connectivity index (χ1n) is 10.4. The number of halogens is 1. The number of amides is 1. The molecule has 8 nitrogen and oxygen atoms in total. The van der Waals surface area contributed by atoms with Crippen molar-refractivity contribution in [3.05, 3.63) is 65.7 Å². The summed E-state index contributed by atoms with van der Waals surface area (Å²) in [6.07, 6.45) is 0.248. The molecule has 9 heteroatoms. The molecule has 0 aliphatic carbocycles. The number of cyclic esters (lactones) is 1. The number of aryl methyl sites for hydroxylation is 1.